The lowest BCUT2D eigenvalue weighted by Crippen LogP contribution is -2.27. The van der Waals surface area contributed by atoms with E-state index in [0.717, 1.165) is 16.9 Å². The van der Waals surface area contributed by atoms with Crippen molar-refractivity contribution in [2.45, 2.75) is 11.0 Å². The fourth-order valence-corrected chi connectivity index (χ4v) is 3.79. The highest BCUT2D eigenvalue weighted by Crippen LogP contribution is 2.49. The molecule has 2 aromatic rings. The van der Waals surface area contributed by atoms with Crippen molar-refractivity contribution in [3.05, 3.63) is 71.8 Å². The molecule has 3 heteroatoms. The minimum absolute atomic E-state index is 0.0639. The van der Waals surface area contributed by atoms with Gasteiger partial charge in [-0.05, 0) is 11.1 Å². The second-order valence-electron chi connectivity index (χ2n) is 4.58. The molecule has 0 amide bonds. The molecule has 1 N–H and O–H groups in total. The number of ether oxygens (including phenoxy) is 1. The number of rotatable bonds is 3. The number of hydrogen-bond acceptors (Lipinski definition) is 3. The lowest BCUT2D eigenvalue weighted by Gasteiger charge is -2.29. The van der Waals surface area contributed by atoms with Gasteiger partial charge in [-0.15, -0.1) is 11.8 Å². The summed E-state index contributed by atoms with van der Waals surface area (Å²) in [5.74, 6) is 0.806. The van der Waals surface area contributed by atoms with E-state index in [1.54, 1.807) is 11.8 Å². The molecular formula is C16H16O2S. The second-order valence-corrected chi connectivity index (χ2v) is 5.78. The fraction of sp³-hybridized carbons (Fsp3) is 0.250. The van der Waals surface area contributed by atoms with E-state index < -0.39 is 4.93 Å². The third kappa shape index (κ3) is 2.29. The van der Waals surface area contributed by atoms with Gasteiger partial charge in [-0.25, -0.2) is 0 Å². The third-order valence-electron chi connectivity index (χ3n) is 3.32. The van der Waals surface area contributed by atoms with Gasteiger partial charge in [0.15, 0.2) is 4.93 Å². The first kappa shape index (κ1) is 12.7. The lowest BCUT2D eigenvalue weighted by molar-refractivity contribution is -0.0140. The van der Waals surface area contributed by atoms with Crippen LogP contribution in [0.15, 0.2) is 60.7 Å². The summed E-state index contributed by atoms with van der Waals surface area (Å²) in [5, 5.41) is 9.35. The van der Waals surface area contributed by atoms with Crippen molar-refractivity contribution in [1.29, 1.82) is 0 Å². The molecule has 98 valence electrons. The SMILES string of the molecule is OCC1CSC(c2ccccc2)(c2ccccc2)O1. The van der Waals surface area contributed by atoms with E-state index in [1.165, 1.54) is 0 Å². The van der Waals surface area contributed by atoms with Crippen LogP contribution in [0, 0.1) is 0 Å². The average Bonchev–Trinajstić information content (AvgIpc) is 2.95. The number of benzene rings is 2. The topological polar surface area (TPSA) is 29.5 Å². The Morgan fingerprint density at radius 3 is 1.95 bits per heavy atom. The van der Waals surface area contributed by atoms with Crippen molar-refractivity contribution in [3.63, 3.8) is 0 Å². The molecule has 2 nitrogen and oxygen atoms in total. The monoisotopic (exact) mass is 272 g/mol. The minimum Gasteiger partial charge on any atom is -0.394 e. The summed E-state index contributed by atoms with van der Waals surface area (Å²) in [4.78, 5) is -0.490. The summed E-state index contributed by atoms with van der Waals surface area (Å²) < 4.78 is 6.18. The van der Waals surface area contributed by atoms with Crippen LogP contribution in [0.25, 0.3) is 0 Å². The highest BCUT2D eigenvalue weighted by molar-refractivity contribution is 8.00. The highest BCUT2D eigenvalue weighted by atomic mass is 32.2. The molecule has 1 heterocycles. The first-order valence-electron chi connectivity index (χ1n) is 6.39. The molecule has 1 atom stereocenters. The summed E-state index contributed by atoms with van der Waals surface area (Å²) >= 11 is 1.75. The first-order chi connectivity index (χ1) is 9.35. The first-order valence-corrected chi connectivity index (χ1v) is 7.37. The van der Waals surface area contributed by atoms with E-state index in [2.05, 4.69) is 24.3 Å². The van der Waals surface area contributed by atoms with Crippen molar-refractivity contribution >= 4 is 11.8 Å². The van der Waals surface area contributed by atoms with E-state index in [9.17, 15) is 5.11 Å². The Morgan fingerprint density at radius 2 is 1.53 bits per heavy atom. The number of aliphatic hydroxyl groups excluding tert-OH is 1. The maximum absolute atomic E-state index is 9.35. The molecule has 1 saturated heterocycles. The zero-order valence-electron chi connectivity index (χ0n) is 10.5. The lowest BCUT2D eigenvalue weighted by atomic mass is 10.0. The zero-order valence-corrected chi connectivity index (χ0v) is 11.3. The summed E-state index contributed by atoms with van der Waals surface area (Å²) in [7, 11) is 0. The molecule has 1 unspecified atom stereocenters. The summed E-state index contributed by atoms with van der Waals surface area (Å²) in [6, 6.07) is 20.4. The van der Waals surface area contributed by atoms with E-state index in [0.29, 0.717) is 0 Å². The Labute approximate surface area is 117 Å². The Bertz CT molecular complexity index is 487. The maximum Gasteiger partial charge on any atom is 0.165 e. The molecule has 0 saturated carbocycles. The normalized spacial score (nSPS) is 21.4. The number of hydrogen-bond donors (Lipinski definition) is 1. The molecule has 0 bridgehead atoms. The number of aliphatic hydroxyl groups is 1. The average molecular weight is 272 g/mol. The smallest absolute Gasteiger partial charge is 0.165 e. The summed E-state index contributed by atoms with van der Waals surface area (Å²) in [6.45, 7) is 0.0639. The van der Waals surface area contributed by atoms with Gasteiger partial charge in [0.25, 0.3) is 0 Å². The largest absolute Gasteiger partial charge is 0.394 e. The predicted molar refractivity (Wildman–Crippen MR) is 78.1 cm³/mol. The van der Waals surface area contributed by atoms with Crippen LogP contribution >= 0.6 is 11.8 Å². The van der Waals surface area contributed by atoms with Crippen molar-refractivity contribution in [1.82, 2.24) is 0 Å². The van der Waals surface area contributed by atoms with Gasteiger partial charge in [0, 0.05) is 5.75 Å². The summed E-state index contributed by atoms with van der Waals surface area (Å²) in [5.41, 5.74) is 2.25. The highest BCUT2D eigenvalue weighted by Gasteiger charge is 2.43. The van der Waals surface area contributed by atoms with Gasteiger partial charge >= 0.3 is 0 Å². The van der Waals surface area contributed by atoms with Gasteiger partial charge in [0.05, 0.1) is 12.7 Å². The second kappa shape index (κ2) is 5.37. The minimum atomic E-state index is -0.490. The Morgan fingerprint density at radius 1 is 1.00 bits per heavy atom. The van der Waals surface area contributed by atoms with E-state index in [1.807, 2.05) is 36.4 Å². The van der Waals surface area contributed by atoms with Crippen LogP contribution in [-0.2, 0) is 9.67 Å². The molecule has 1 fully saturated rings. The molecular weight excluding hydrogens is 256 g/mol. The van der Waals surface area contributed by atoms with Crippen molar-refractivity contribution < 1.29 is 9.84 Å². The van der Waals surface area contributed by atoms with E-state index in [4.69, 9.17) is 4.74 Å². The van der Waals surface area contributed by atoms with Gasteiger partial charge in [0.2, 0.25) is 0 Å². The zero-order chi connectivity index (χ0) is 13.1. The van der Waals surface area contributed by atoms with Crippen molar-refractivity contribution in [2.24, 2.45) is 0 Å². The van der Waals surface area contributed by atoms with Crippen molar-refractivity contribution in [3.8, 4) is 0 Å². The molecule has 0 aliphatic carbocycles. The summed E-state index contributed by atoms with van der Waals surface area (Å²) in [6.07, 6.45) is -0.106. The number of thioether (sulfide) groups is 1. The van der Waals surface area contributed by atoms with Gasteiger partial charge < -0.3 is 9.84 Å². The van der Waals surface area contributed by atoms with Crippen LogP contribution in [0.5, 0.6) is 0 Å². The molecule has 2 aromatic carbocycles. The van der Waals surface area contributed by atoms with Crippen molar-refractivity contribution in [2.75, 3.05) is 12.4 Å². The Kier molecular flexibility index (Phi) is 3.60. The molecule has 0 radical (unpaired) electrons. The molecule has 0 spiro atoms. The van der Waals surface area contributed by atoms with Crippen LogP contribution < -0.4 is 0 Å². The molecule has 1 aliphatic rings. The Hall–Kier alpha value is -1.29. The quantitative estimate of drug-likeness (QED) is 0.931. The van der Waals surface area contributed by atoms with E-state index >= 15 is 0 Å². The van der Waals surface area contributed by atoms with Gasteiger partial charge in [0.1, 0.15) is 0 Å². The molecule has 1 aliphatic heterocycles. The van der Waals surface area contributed by atoms with Crippen LogP contribution in [0.3, 0.4) is 0 Å². The molecule has 0 aromatic heterocycles. The van der Waals surface area contributed by atoms with Crippen LogP contribution in [0.4, 0.5) is 0 Å². The molecule has 3 rings (SSSR count). The van der Waals surface area contributed by atoms with Crippen LogP contribution in [-0.4, -0.2) is 23.6 Å². The molecule has 19 heavy (non-hydrogen) atoms. The maximum atomic E-state index is 9.35. The van der Waals surface area contributed by atoms with Gasteiger partial charge in [-0.2, -0.15) is 0 Å². The van der Waals surface area contributed by atoms with E-state index in [-0.39, 0.29) is 12.7 Å². The third-order valence-corrected chi connectivity index (χ3v) is 4.83. The standard InChI is InChI=1S/C16H16O2S/c17-11-15-12-19-16(18-15,13-7-3-1-4-8-13)14-9-5-2-6-10-14/h1-10,15,17H,11-12H2. The van der Waals surface area contributed by atoms with Gasteiger partial charge in [-0.1, -0.05) is 60.7 Å². The fourth-order valence-electron chi connectivity index (χ4n) is 2.39. The van der Waals surface area contributed by atoms with Crippen LogP contribution in [0.2, 0.25) is 0 Å². The Balaban J connectivity index is 2.07. The predicted octanol–water partition coefficient (Wildman–Crippen LogP) is 3.01. The van der Waals surface area contributed by atoms with Gasteiger partial charge in [-0.3, -0.25) is 0 Å². The van der Waals surface area contributed by atoms with Crippen LogP contribution in [0.1, 0.15) is 11.1 Å².